The van der Waals surface area contributed by atoms with Gasteiger partial charge in [-0.05, 0) is 44.9 Å². The maximum Gasteiger partial charge on any atom is 0.407 e. The predicted molar refractivity (Wildman–Crippen MR) is 109 cm³/mol. The minimum absolute atomic E-state index is 0.313. The number of para-hydroxylation sites is 2. The number of aromatic nitrogens is 2. The van der Waals surface area contributed by atoms with Crippen molar-refractivity contribution in [2.75, 3.05) is 0 Å². The molecule has 0 aliphatic heterocycles. The summed E-state index contributed by atoms with van der Waals surface area (Å²) < 4.78 is 7.28. The lowest BCUT2D eigenvalue weighted by Gasteiger charge is -2.27. The number of aliphatic hydroxyl groups excluding tert-OH is 1. The van der Waals surface area contributed by atoms with Crippen molar-refractivity contribution in [1.82, 2.24) is 14.9 Å². The van der Waals surface area contributed by atoms with E-state index in [1.54, 1.807) is 6.33 Å². The summed E-state index contributed by atoms with van der Waals surface area (Å²) in [4.78, 5) is 16.7. The lowest BCUT2D eigenvalue weighted by molar-refractivity contribution is 0.0405. The number of hydrogen-bond donors (Lipinski definition) is 2. The zero-order valence-electron chi connectivity index (χ0n) is 16.5. The molecule has 1 heterocycles. The maximum absolute atomic E-state index is 12.3. The van der Waals surface area contributed by atoms with Gasteiger partial charge >= 0.3 is 6.09 Å². The number of ether oxygens (including phenoxy) is 1. The SMILES string of the molecule is CC(C)(C)OC(=O)N[C@H](Cc1ccccc1)[C@@H](O)Cn1cnc2ccccc21. The van der Waals surface area contributed by atoms with Gasteiger partial charge in [-0.3, -0.25) is 0 Å². The number of amides is 1. The Morgan fingerprint density at radius 3 is 2.54 bits per heavy atom. The van der Waals surface area contributed by atoms with Crippen LogP contribution in [-0.4, -0.2) is 38.5 Å². The summed E-state index contributed by atoms with van der Waals surface area (Å²) in [7, 11) is 0. The van der Waals surface area contributed by atoms with Gasteiger partial charge in [0.15, 0.2) is 0 Å². The average Bonchev–Trinajstić information content (AvgIpc) is 3.03. The van der Waals surface area contributed by atoms with Crippen LogP contribution in [0.2, 0.25) is 0 Å². The van der Waals surface area contributed by atoms with Crippen LogP contribution in [0, 0.1) is 0 Å². The van der Waals surface area contributed by atoms with Crippen LogP contribution in [0.15, 0.2) is 60.9 Å². The molecule has 6 nitrogen and oxygen atoms in total. The number of nitrogens with zero attached hydrogens (tertiary/aromatic N) is 2. The summed E-state index contributed by atoms with van der Waals surface area (Å²) in [5, 5.41) is 13.8. The summed E-state index contributed by atoms with van der Waals surface area (Å²) in [5.41, 5.74) is 2.23. The first-order valence-electron chi connectivity index (χ1n) is 9.43. The van der Waals surface area contributed by atoms with E-state index >= 15 is 0 Å². The Hall–Kier alpha value is -2.86. The second kappa shape index (κ2) is 8.44. The third-order valence-corrected chi connectivity index (χ3v) is 4.38. The summed E-state index contributed by atoms with van der Waals surface area (Å²) in [5.74, 6) is 0. The molecule has 3 rings (SSSR count). The fraction of sp³-hybridized carbons (Fsp3) is 0.364. The summed E-state index contributed by atoms with van der Waals surface area (Å²) in [6.07, 6.45) is 0.850. The molecule has 2 N–H and O–H groups in total. The van der Waals surface area contributed by atoms with E-state index in [1.165, 1.54) is 0 Å². The van der Waals surface area contributed by atoms with Crippen LogP contribution in [0.5, 0.6) is 0 Å². The Morgan fingerprint density at radius 2 is 1.82 bits per heavy atom. The zero-order chi connectivity index (χ0) is 20.1. The fourth-order valence-electron chi connectivity index (χ4n) is 3.09. The molecule has 0 saturated heterocycles. The van der Waals surface area contributed by atoms with Crippen LogP contribution in [0.1, 0.15) is 26.3 Å². The fourth-order valence-corrected chi connectivity index (χ4v) is 3.09. The predicted octanol–water partition coefficient (Wildman–Crippen LogP) is 3.53. The van der Waals surface area contributed by atoms with E-state index in [0.29, 0.717) is 13.0 Å². The van der Waals surface area contributed by atoms with E-state index in [1.807, 2.05) is 79.9 Å². The Labute approximate surface area is 165 Å². The molecule has 0 unspecified atom stereocenters. The first kappa shape index (κ1) is 19.9. The molecule has 1 aromatic heterocycles. The van der Waals surface area contributed by atoms with Crippen molar-refractivity contribution in [1.29, 1.82) is 0 Å². The van der Waals surface area contributed by atoms with E-state index in [4.69, 9.17) is 4.74 Å². The van der Waals surface area contributed by atoms with Crippen LogP contribution in [0.25, 0.3) is 11.0 Å². The normalized spacial score (nSPS) is 13.9. The van der Waals surface area contributed by atoms with Gasteiger partial charge in [-0.15, -0.1) is 0 Å². The molecule has 0 radical (unpaired) electrons. The quantitative estimate of drug-likeness (QED) is 0.685. The minimum atomic E-state index is -0.815. The number of carbonyl (C=O) groups excluding carboxylic acids is 1. The number of aliphatic hydroxyl groups is 1. The highest BCUT2D eigenvalue weighted by Crippen LogP contribution is 2.15. The van der Waals surface area contributed by atoms with E-state index in [0.717, 1.165) is 16.6 Å². The average molecular weight is 381 g/mol. The number of benzene rings is 2. The molecule has 2 atom stereocenters. The van der Waals surface area contributed by atoms with Crippen LogP contribution in [0.3, 0.4) is 0 Å². The summed E-state index contributed by atoms with van der Waals surface area (Å²) in [6, 6.07) is 17.0. The molecular formula is C22H27N3O3. The third kappa shape index (κ3) is 5.33. The van der Waals surface area contributed by atoms with Gasteiger partial charge in [-0.2, -0.15) is 0 Å². The Balaban J connectivity index is 1.77. The molecule has 0 fully saturated rings. The van der Waals surface area contributed by atoms with Crippen molar-refractivity contribution >= 4 is 17.1 Å². The van der Waals surface area contributed by atoms with E-state index in [2.05, 4.69) is 10.3 Å². The largest absolute Gasteiger partial charge is 0.444 e. The van der Waals surface area contributed by atoms with Gasteiger partial charge in [0.1, 0.15) is 5.60 Å². The molecule has 148 valence electrons. The second-order valence-corrected chi connectivity index (χ2v) is 7.90. The second-order valence-electron chi connectivity index (χ2n) is 7.90. The van der Waals surface area contributed by atoms with Crippen molar-refractivity contribution in [3.8, 4) is 0 Å². The standard InChI is InChI=1S/C22H27N3O3/c1-22(2,3)28-21(27)24-18(13-16-9-5-4-6-10-16)20(26)14-25-15-23-17-11-7-8-12-19(17)25/h4-12,15,18,20,26H,13-14H2,1-3H3,(H,24,27)/t18-,20+/m1/s1. The highest BCUT2D eigenvalue weighted by molar-refractivity contribution is 5.75. The van der Waals surface area contributed by atoms with E-state index in [9.17, 15) is 9.90 Å². The molecular weight excluding hydrogens is 354 g/mol. The Morgan fingerprint density at radius 1 is 1.14 bits per heavy atom. The number of rotatable bonds is 6. The maximum atomic E-state index is 12.3. The molecule has 3 aromatic rings. The van der Waals surface area contributed by atoms with Crippen molar-refractivity contribution in [2.45, 2.75) is 51.5 Å². The highest BCUT2D eigenvalue weighted by Gasteiger charge is 2.25. The highest BCUT2D eigenvalue weighted by atomic mass is 16.6. The lowest BCUT2D eigenvalue weighted by Crippen LogP contribution is -2.48. The topological polar surface area (TPSA) is 76.4 Å². The molecule has 0 aliphatic carbocycles. The van der Waals surface area contributed by atoms with Crippen molar-refractivity contribution in [2.24, 2.45) is 0 Å². The van der Waals surface area contributed by atoms with Gasteiger partial charge in [0, 0.05) is 0 Å². The molecule has 0 saturated carbocycles. The molecule has 2 aromatic carbocycles. The monoisotopic (exact) mass is 381 g/mol. The number of imidazole rings is 1. The van der Waals surface area contributed by atoms with Gasteiger partial charge < -0.3 is 19.7 Å². The number of carbonyl (C=O) groups is 1. The van der Waals surface area contributed by atoms with Crippen molar-refractivity contribution in [3.63, 3.8) is 0 Å². The first-order valence-corrected chi connectivity index (χ1v) is 9.43. The summed E-state index contributed by atoms with van der Waals surface area (Å²) >= 11 is 0. The minimum Gasteiger partial charge on any atom is -0.444 e. The van der Waals surface area contributed by atoms with E-state index < -0.39 is 23.8 Å². The smallest absolute Gasteiger partial charge is 0.407 e. The van der Waals surface area contributed by atoms with Crippen LogP contribution < -0.4 is 5.32 Å². The molecule has 0 aliphatic rings. The van der Waals surface area contributed by atoms with Crippen LogP contribution >= 0.6 is 0 Å². The summed E-state index contributed by atoms with van der Waals surface area (Å²) in [6.45, 7) is 5.75. The van der Waals surface area contributed by atoms with E-state index in [-0.39, 0.29) is 0 Å². The number of fused-ring (bicyclic) bond motifs is 1. The van der Waals surface area contributed by atoms with Crippen LogP contribution in [0.4, 0.5) is 4.79 Å². The molecule has 1 amide bonds. The number of hydrogen-bond acceptors (Lipinski definition) is 4. The lowest BCUT2D eigenvalue weighted by atomic mass is 10.0. The third-order valence-electron chi connectivity index (χ3n) is 4.38. The van der Waals surface area contributed by atoms with Gasteiger partial charge in [-0.25, -0.2) is 9.78 Å². The molecule has 0 bridgehead atoms. The van der Waals surface area contributed by atoms with Crippen molar-refractivity contribution < 1.29 is 14.6 Å². The zero-order valence-corrected chi connectivity index (χ0v) is 16.5. The van der Waals surface area contributed by atoms with Crippen molar-refractivity contribution in [3.05, 3.63) is 66.5 Å². The van der Waals surface area contributed by atoms with Gasteiger partial charge in [0.05, 0.1) is 36.1 Å². The molecule has 28 heavy (non-hydrogen) atoms. The number of nitrogens with one attached hydrogen (secondary N) is 1. The van der Waals surface area contributed by atoms with Crippen LogP contribution in [-0.2, 0) is 17.7 Å². The Kier molecular flexibility index (Phi) is 5.99. The van der Waals surface area contributed by atoms with Gasteiger partial charge in [0.25, 0.3) is 0 Å². The number of alkyl carbamates (subject to hydrolysis) is 1. The molecule has 6 heteroatoms. The Bertz CT molecular complexity index is 915. The molecule has 0 spiro atoms. The van der Waals surface area contributed by atoms with Gasteiger partial charge in [0.2, 0.25) is 0 Å². The van der Waals surface area contributed by atoms with Gasteiger partial charge in [-0.1, -0.05) is 42.5 Å². The first-order chi connectivity index (χ1) is 13.3.